The van der Waals surface area contributed by atoms with Gasteiger partial charge in [-0.05, 0) is 55.0 Å². The van der Waals surface area contributed by atoms with E-state index in [9.17, 15) is 18.0 Å². The van der Waals surface area contributed by atoms with Gasteiger partial charge in [-0.15, -0.1) is 0 Å². The van der Waals surface area contributed by atoms with Gasteiger partial charge in [0.25, 0.3) is 5.91 Å². The molecule has 0 saturated carbocycles. The predicted molar refractivity (Wildman–Crippen MR) is 109 cm³/mol. The highest BCUT2D eigenvalue weighted by Gasteiger charge is 2.35. The number of carbonyl (C=O) groups is 2. The van der Waals surface area contributed by atoms with E-state index in [1.54, 1.807) is 36.4 Å². The molecular weight excluding hydrogens is 410 g/mol. The molecule has 0 fully saturated rings. The second-order valence-corrected chi connectivity index (χ2v) is 9.11. The van der Waals surface area contributed by atoms with Crippen LogP contribution in [0.3, 0.4) is 0 Å². The minimum absolute atomic E-state index is 0.0374. The van der Waals surface area contributed by atoms with Crippen LogP contribution in [0.15, 0.2) is 76.5 Å². The number of rotatable bonds is 3. The van der Waals surface area contributed by atoms with E-state index in [1.807, 2.05) is 6.92 Å². The molecule has 0 bridgehead atoms. The standard InChI is InChI=1S/C22H16ClNO4S/c1-13(14-6-9-16(23)10-7-14)24-22(26)15-8-11-18-20(12-15)29(27,28)19-5-3-2-4-17(19)21(18)25/h2-13H,1H3,(H,24,26). The maximum absolute atomic E-state index is 13.0. The van der Waals surface area contributed by atoms with Crippen LogP contribution in [0.1, 0.15) is 44.8 Å². The average Bonchev–Trinajstić information content (AvgIpc) is 2.72. The van der Waals surface area contributed by atoms with Crippen molar-refractivity contribution < 1.29 is 18.0 Å². The molecule has 0 radical (unpaired) electrons. The van der Waals surface area contributed by atoms with Gasteiger partial charge in [-0.1, -0.05) is 35.9 Å². The van der Waals surface area contributed by atoms with Gasteiger partial charge in [-0.3, -0.25) is 9.59 Å². The fraction of sp³-hybridized carbons (Fsp3) is 0.0909. The molecule has 1 aliphatic rings. The van der Waals surface area contributed by atoms with Crippen molar-refractivity contribution in [2.45, 2.75) is 22.8 Å². The Balaban J connectivity index is 1.68. The van der Waals surface area contributed by atoms with Gasteiger partial charge in [0.1, 0.15) is 0 Å². The van der Waals surface area contributed by atoms with Gasteiger partial charge in [0, 0.05) is 21.7 Å². The lowest BCUT2D eigenvalue weighted by molar-refractivity contribution is 0.0938. The number of halogens is 1. The van der Waals surface area contributed by atoms with Gasteiger partial charge in [0.2, 0.25) is 9.84 Å². The first kappa shape index (κ1) is 19.4. The third kappa shape index (κ3) is 3.34. The number of fused-ring (bicyclic) bond motifs is 2. The Morgan fingerprint density at radius 2 is 1.59 bits per heavy atom. The Morgan fingerprint density at radius 3 is 2.31 bits per heavy atom. The summed E-state index contributed by atoms with van der Waals surface area (Å²) in [5.74, 6) is -0.802. The highest BCUT2D eigenvalue weighted by molar-refractivity contribution is 7.91. The van der Waals surface area contributed by atoms with Gasteiger partial charge in [-0.25, -0.2) is 8.42 Å². The summed E-state index contributed by atoms with van der Waals surface area (Å²) in [6.07, 6.45) is 0. The monoisotopic (exact) mass is 425 g/mol. The lowest BCUT2D eigenvalue weighted by Crippen LogP contribution is -2.27. The first-order valence-corrected chi connectivity index (χ1v) is 10.7. The van der Waals surface area contributed by atoms with Crippen LogP contribution in [-0.2, 0) is 9.84 Å². The summed E-state index contributed by atoms with van der Waals surface area (Å²) < 4.78 is 26.0. The van der Waals surface area contributed by atoms with Crippen molar-refractivity contribution in [3.63, 3.8) is 0 Å². The molecule has 146 valence electrons. The Hall–Kier alpha value is -2.96. The Labute approximate surface area is 173 Å². The van der Waals surface area contributed by atoms with Crippen molar-refractivity contribution in [3.8, 4) is 0 Å². The molecule has 1 amide bonds. The number of sulfone groups is 1. The normalized spacial score (nSPS) is 15.2. The van der Waals surface area contributed by atoms with E-state index in [0.717, 1.165) is 5.56 Å². The molecule has 29 heavy (non-hydrogen) atoms. The van der Waals surface area contributed by atoms with Crippen molar-refractivity contribution in [1.29, 1.82) is 0 Å². The smallest absolute Gasteiger partial charge is 0.251 e. The summed E-state index contributed by atoms with van der Waals surface area (Å²) >= 11 is 5.89. The molecule has 4 rings (SSSR count). The van der Waals surface area contributed by atoms with Gasteiger partial charge < -0.3 is 5.32 Å². The molecule has 1 aliphatic heterocycles. The van der Waals surface area contributed by atoms with E-state index >= 15 is 0 Å². The maximum atomic E-state index is 13.0. The van der Waals surface area contributed by atoms with E-state index < -0.39 is 15.7 Å². The summed E-state index contributed by atoms with van der Waals surface area (Å²) in [6.45, 7) is 1.82. The Morgan fingerprint density at radius 1 is 0.931 bits per heavy atom. The van der Waals surface area contributed by atoms with E-state index in [-0.39, 0.29) is 38.3 Å². The molecule has 1 atom stereocenters. The second-order valence-electron chi connectivity index (χ2n) is 6.79. The van der Waals surface area contributed by atoms with Gasteiger partial charge in [0.15, 0.2) is 5.78 Å². The molecule has 3 aromatic carbocycles. The summed E-state index contributed by atoms with van der Waals surface area (Å²) in [5, 5.41) is 3.43. The van der Waals surface area contributed by atoms with Crippen LogP contribution in [-0.4, -0.2) is 20.1 Å². The van der Waals surface area contributed by atoms with Crippen LogP contribution in [0, 0.1) is 0 Å². The van der Waals surface area contributed by atoms with Gasteiger partial charge in [-0.2, -0.15) is 0 Å². The summed E-state index contributed by atoms with van der Waals surface area (Å²) in [6, 6.07) is 17.0. The van der Waals surface area contributed by atoms with Crippen molar-refractivity contribution in [3.05, 3.63) is 94.0 Å². The highest BCUT2D eigenvalue weighted by atomic mass is 35.5. The fourth-order valence-corrected chi connectivity index (χ4v) is 5.14. The topological polar surface area (TPSA) is 80.3 Å². The number of nitrogens with one attached hydrogen (secondary N) is 1. The van der Waals surface area contributed by atoms with Crippen LogP contribution in [0.2, 0.25) is 5.02 Å². The summed E-state index contributed by atoms with van der Waals surface area (Å²) in [5.41, 5.74) is 1.25. The van der Waals surface area contributed by atoms with Crippen LogP contribution in [0.4, 0.5) is 0 Å². The van der Waals surface area contributed by atoms with E-state index in [4.69, 9.17) is 11.6 Å². The number of ketones is 1. The van der Waals surface area contributed by atoms with Gasteiger partial charge >= 0.3 is 0 Å². The van der Waals surface area contributed by atoms with E-state index in [2.05, 4.69) is 5.32 Å². The molecule has 1 unspecified atom stereocenters. The summed E-state index contributed by atoms with van der Waals surface area (Å²) in [7, 11) is -3.89. The number of amides is 1. The van der Waals surface area contributed by atoms with Crippen molar-refractivity contribution in [1.82, 2.24) is 5.32 Å². The molecule has 3 aromatic rings. The molecule has 0 aliphatic carbocycles. The largest absolute Gasteiger partial charge is 0.346 e. The third-order valence-corrected chi connectivity index (χ3v) is 7.02. The molecule has 1 N–H and O–H groups in total. The maximum Gasteiger partial charge on any atom is 0.251 e. The molecule has 1 heterocycles. The number of benzene rings is 3. The number of hydrogen-bond acceptors (Lipinski definition) is 4. The fourth-order valence-electron chi connectivity index (χ4n) is 3.34. The number of hydrogen-bond donors (Lipinski definition) is 1. The number of carbonyl (C=O) groups excluding carboxylic acids is 2. The summed E-state index contributed by atoms with van der Waals surface area (Å²) in [4.78, 5) is 25.2. The Bertz CT molecular complexity index is 1250. The zero-order valence-corrected chi connectivity index (χ0v) is 16.9. The first-order chi connectivity index (χ1) is 13.8. The molecule has 7 heteroatoms. The quantitative estimate of drug-likeness (QED) is 0.533. The van der Waals surface area contributed by atoms with Gasteiger partial charge in [0.05, 0.1) is 15.8 Å². The van der Waals surface area contributed by atoms with Crippen molar-refractivity contribution >= 4 is 33.1 Å². The van der Waals surface area contributed by atoms with Crippen molar-refractivity contribution in [2.24, 2.45) is 0 Å². The van der Waals surface area contributed by atoms with Crippen LogP contribution in [0.5, 0.6) is 0 Å². The lowest BCUT2D eigenvalue weighted by Gasteiger charge is -2.20. The van der Waals surface area contributed by atoms with Crippen LogP contribution >= 0.6 is 11.6 Å². The second kappa shape index (κ2) is 7.13. The van der Waals surface area contributed by atoms with E-state index in [1.165, 1.54) is 30.3 Å². The first-order valence-electron chi connectivity index (χ1n) is 8.88. The highest BCUT2D eigenvalue weighted by Crippen LogP contribution is 2.34. The molecule has 0 aromatic heterocycles. The van der Waals surface area contributed by atoms with E-state index in [0.29, 0.717) is 5.02 Å². The minimum atomic E-state index is -3.89. The molecule has 0 spiro atoms. The van der Waals surface area contributed by atoms with Crippen molar-refractivity contribution in [2.75, 3.05) is 0 Å². The van der Waals surface area contributed by atoms with Crippen LogP contribution in [0.25, 0.3) is 0 Å². The average molecular weight is 426 g/mol. The Kier molecular flexibility index (Phi) is 4.76. The third-order valence-electron chi connectivity index (χ3n) is 4.92. The SMILES string of the molecule is CC(NC(=O)c1ccc2c(c1)S(=O)(=O)c1ccccc1C2=O)c1ccc(Cl)cc1. The molecule has 0 saturated heterocycles. The predicted octanol–water partition coefficient (Wildman–Crippen LogP) is 4.21. The minimum Gasteiger partial charge on any atom is -0.346 e. The zero-order valence-electron chi connectivity index (χ0n) is 15.3. The molecular formula is C22H16ClNO4S. The lowest BCUT2D eigenvalue weighted by atomic mass is 10.0. The zero-order chi connectivity index (χ0) is 20.8. The van der Waals surface area contributed by atoms with Crippen LogP contribution < -0.4 is 5.32 Å². The molecule has 5 nitrogen and oxygen atoms in total.